The number of nitrogens with zero attached hydrogens (tertiary/aromatic N) is 4. The molecule has 4 rings (SSSR count). The molecule has 0 saturated carbocycles. The SMILES string of the molecule is [C-]#[N+]c1ccc(Nc2ncnc(O[C@H]3CC4CCC3N4C(=O)OC(C)(C)C)c2C)c(C)c1. The molecule has 0 spiro atoms. The zero-order valence-corrected chi connectivity index (χ0v) is 19.2. The van der Waals surface area contributed by atoms with Gasteiger partial charge in [-0.15, -0.1) is 0 Å². The lowest BCUT2D eigenvalue weighted by Crippen LogP contribution is -2.42. The van der Waals surface area contributed by atoms with Crippen LogP contribution < -0.4 is 10.1 Å². The van der Waals surface area contributed by atoms with Gasteiger partial charge in [-0.25, -0.2) is 19.6 Å². The lowest BCUT2D eigenvalue weighted by Gasteiger charge is -2.28. The highest BCUT2D eigenvalue weighted by Gasteiger charge is 2.51. The third-order valence-corrected chi connectivity index (χ3v) is 5.98. The first-order chi connectivity index (χ1) is 15.2. The molecule has 1 amide bonds. The molecule has 2 aliphatic rings. The summed E-state index contributed by atoms with van der Waals surface area (Å²) in [5, 5.41) is 3.33. The molecular weight excluding hydrogens is 406 g/mol. The van der Waals surface area contributed by atoms with Gasteiger partial charge in [0, 0.05) is 18.2 Å². The van der Waals surface area contributed by atoms with Crippen LogP contribution in [0.5, 0.6) is 5.88 Å². The lowest BCUT2D eigenvalue weighted by molar-refractivity contribution is 0.0180. The minimum atomic E-state index is -0.523. The summed E-state index contributed by atoms with van der Waals surface area (Å²) < 4.78 is 11.9. The first kappa shape index (κ1) is 21.9. The highest BCUT2D eigenvalue weighted by molar-refractivity contribution is 5.70. The van der Waals surface area contributed by atoms with Gasteiger partial charge in [0.15, 0.2) is 5.69 Å². The van der Waals surface area contributed by atoms with Crippen molar-refractivity contribution in [3.05, 3.63) is 47.1 Å². The molecule has 2 aromatic rings. The average molecular weight is 436 g/mol. The molecule has 2 saturated heterocycles. The Labute approximate surface area is 188 Å². The van der Waals surface area contributed by atoms with E-state index in [0.29, 0.717) is 17.4 Å². The molecule has 0 aliphatic carbocycles. The molecule has 32 heavy (non-hydrogen) atoms. The number of hydrogen-bond donors (Lipinski definition) is 1. The lowest BCUT2D eigenvalue weighted by atomic mass is 9.98. The van der Waals surface area contributed by atoms with Crippen molar-refractivity contribution in [3.8, 4) is 5.88 Å². The predicted molar refractivity (Wildman–Crippen MR) is 121 cm³/mol. The van der Waals surface area contributed by atoms with Gasteiger partial charge >= 0.3 is 6.09 Å². The Bertz CT molecular complexity index is 1070. The number of hydrogen-bond acceptors (Lipinski definition) is 6. The van der Waals surface area contributed by atoms with Crippen LogP contribution in [-0.2, 0) is 4.74 Å². The Kier molecular flexibility index (Phi) is 5.68. The number of fused-ring (bicyclic) bond motifs is 2. The topological polar surface area (TPSA) is 80.9 Å². The van der Waals surface area contributed by atoms with E-state index in [1.807, 2.05) is 51.7 Å². The Morgan fingerprint density at radius 1 is 1.25 bits per heavy atom. The van der Waals surface area contributed by atoms with Crippen LogP contribution in [0.15, 0.2) is 24.5 Å². The summed E-state index contributed by atoms with van der Waals surface area (Å²) in [4.78, 5) is 26.8. The van der Waals surface area contributed by atoms with Gasteiger partial charge in [-0.3, -0.25) is 4.90 Å². The van der Waals surface area contributed by atoms with Crippen LogP contribution in [0.25, 0.3) is 4.85 Å². The molecule has 1 aromatic carbocycles. The van der Waals surface area contributed by atoms with Gasteiger partial charge in [0.1, 0.15) is 23.9 Å². The van der Waals surface area contributed by atoms with Crippen LogP contribution >= 0.6 is 0 Å². The molecule has 168 valence electrons. The molecule has 8 heteroatoms. The summed E-state index contributed by atoms with van der Waals surface area (Å²) in [6.07, 6.45) is 3.73. The van der Waals surface area contributed by atoms with Crippen molar-refractivity contribution < 1.29 is 14.3 Å². The minimum Gasteiger partial charge on any atom is -0.472 e. The summed E-state index contributed by atoms with van der Waals surface area (Å²) in [6.45, 7) is 16.7. The van der Waals surface area contributed by atoms with E-state index in [0.717, 1.165) is 36.1 Å². The molecule has 0 radical (unpaired) electrons. The summed E-state index contributed by atoms with van der Waals surface area (Å²) in [5.41, 5.74) is 2.71. The smallest absolute Gasteiger partial charge is 0.410 e. The summed E-state index contributed by atoms with van der Waals surface area (Å²) in [5.74, 6) is 1.17. The number of ether oxygens (including phenoxy) is 2. The van der Waals surface area contributed by atoms with Crippen LogP contribution in [-0.4, -0.2) is 44.7 Å². The van der Waals surface area contributed by atoms with Crippen LogP contribution in [0.3, 0.4) is 0 Å². The van der Waals surface area contributed by atoms with E-state index in [1.165, 1.54) is 6.33 Å². The second-order valence-corrected chi connectivity index (χ2v) is 9.47. The van der Waals surface area contributed by atoms with E-state index in [4.69, 9.17) is 16.0 Å². The van der Waals surface area contributed by atoms with Gasteiger partial charge in [0.05, 0.1) is 18.2 Å². The fourth-order valence-electron chi connectivity index (χ4n) is 4.47. The predicted octanol–water partition coefficient (Wildman–Crippen LogP) is 5.31. The van der Waals surface area contributed by atoms with E-state index in [2.05, 4.69) is 20.1 Å². The Balaban J connectivity index is 1.49. The number of aryl methyl sites for hydroxylation is 1. The zero-order chi connectivity index (χ0) is 23.0. The van der Waals surface area contributed by atoms with Gasteiger partial charge in [0.2, 0.25) is 5.88 Å². The first-order valence-electron chi connectivity index (χ1n) is 10.9. The molecule has 2 bridgehead atoms. The van der Waals surface area contributed by atoms with Crippen LogP contribution in [0.1, 0.15) is 51.2 Å². The largest absolute Gasteiger partial charge is 0.472 e. The number of anilines is 2. The fraction of sp³-hybridized carbons (Fsp3) is 0.500. The molecular formula is C24H29N5O3. The maximum Gasteiger partial charge on any atom is 0.410 e. The third kappa shape index (κ3) is 4.33. The van der Waals surface area contributed by atoms with Crippen molar-refractivity contribution in [1.82, 2.24) is 14.9 Å². The van der Waals surface area contributed by atoms with Gasteiger partial charge in [-0.1, -0.05) is 12.1 Å². The Hall–Kier alpha value is -3.34. The van der Waals surface area contributed by atoms with E-state index in [-0.39, 0.29) is 24.3 Å². The number of benzene rings is 1. The molecule has 2 fully saturated rings. The van der Waals surface area contributed by atoms with Gasteiger partial charge < -0.3 is 14.8 Å². The van der Waals surface area contributed by atoms with Crippen molar-refractivity contribution in [1.29, 1.82) is 0 Å². The molecule has 2 aliphatic heterocycles. The van der Waals surface area contributed by atoms with E-state index < -0.39 is 5.60 Å². The van der Waals surface area contributed by atoms with Crippen molar-refractivity contribution in [2.75, 3.05) is 5.32 Å². The second-order valence-electron chi connectivity index (χ2n) is 9.47. The van der Waals surface area contributed by atoms with Gasteiger partial charge in [-0.2, -0.15) is 0 Å². The fourth-order valence-corrected chi connectivity index (χ4v) is 4.47. The zero-order valence-electron chi connectivity index (χ0n) is 19.2. The quantitative estimate of drug-likeness (QED) is 0.656. The number of carbonyl (C=O) groups is 1. The van der Waals surface area contributed by atoms with E-state index in [1.54, 1.807) is 6.07 Å². The summed E-state index contributed by atoms with van der Waals surface area (Å²) in [6, 6.07) is 5.62. The van der Waals surface area contributed by atoms with Crippen molar-refractivity contribution in [3.63, 3.8) is 0 Å². The Morgan fingerprint density at radius 3 is 2.72 bits per heavy atom. The maximum absolute atomic E-state index is 12.7. The Morgan fingerprint density at radius 2 is 2.03 bits per heavy atom. The van der Waals surface area contributed by atoms with Crippen LogP contribution in [0.4, 0.5) is 22.0 Å². The monoisotopic (exact) mass is 435 g/mol. The molecule has 1 N–H and O–H groups in total. The molecule has 8 nitrogen and oxygen atoms in total. The molecule has 2 unspecified atom stereocenters. The first-order valence-corrected chi connectivity index (χ1v) is 10.9. The van der Waals surface area contributed by atoms with Gasteiger partial charge in [0.25, 0.3) is 0 Å². The number of carbonyl (C=O) groups excluding carboxylic acids is 1. The average Bonchev–Trinajstić information content (AvgIpc) is 3.29. The normalized spacial score (nSPS) is 21.9. The highest BCUT2D eigenvalue weighted by Crippen LogP contribution is 2.41. The molecule has 3 atom stereocenters. The highest BCUT2D eigenvalue weighted by atomic mass is 16.6. The second kappa shape index (κ2) is 8.30. The number of aromatic nitrogens is 2. The number of amides is 1. The van der Waals surface area contributed by atoms with E-state index >= 15 is 0 Å². The van der Waals surface area contributed by atoms with Crippen molar-refractivity contribution in [2.24, 2.45) is 0 Å². The molecule has 3 heterocycles. The van der Waals surface area contributed by atoms with Crippen LogP contribution in [0, 0.1) is 20.4 Å². The standard InChI is InChI=1S/C24H29N5O3/c1-14-11-16(25-6)7-9-18(14)28-21-15(2)22(27-13-26-21)31-20-12-17-8-10-19(20)29(17)23(30)32-24(3,4)5/h7,9,11,13,17,19-20H,8,10,12H2,1-5H3,(H,26,27,28)/t17?,19?,20-/m0/s1. The van der Waals surface area contributed by atoms with Crippen LogP contribution in [0.2, 0.25) is 0 Å². The minimum absolute atomic E-state index is 0.0102. The number of nitrogens with one attached hydrogen (secondary N) is 1. The molecule has 1 aromatic heterocycles. The van der Waals surface area contributed by atoms with Crippen molar-refractivity contribution in [2.45, 2.75) is 77.7 Å². The summed E-state index contributed by atoms with van der Waals surface area (Å²) >= 11 is 0. The van der Waals surface area contributed by atoms with Gasteiger partial charge in [-0.05, 0) is 59.1 Å². The maximum atomic E-state index is 12.7. The van der Waals surface area contributed by atoms with E-state index in [9.17, 15) is 4.79 Å². The van der Waals surface area contributed by atoms with Crippen molar-refractivity contribution >= 4 is 23.3 Å². The summed E-state index contributed by atoms with van der Waals surface area (Å²) in [7, 11) is 0. The number of rotatable bonds is 4. The third-order valence-electron chi connectivity index (χ3n) is 5.98.